The number of hydrogen-bond acceptors (Lipinski definition) is 2. The summed E-state index contributed by atoms with van der Waals surface area (Å²) in [5, 5.41) is 7.95. The molecular formula is C10H5F7O3. The summed E-state index contributed by atoms with van der Waals surface area (Å²) in [4.78, 5) is 9.99. The lowest BCUT2D eigenvalue weighted by molar-refractivity contribution is -0.302. The zero-order chi connectivity index (χ0) is 15.8. The van der Waals surface area contributed by atoms with Crippen LogP contribution in [0.1, 0.15) is 5.56 Å². The molecule has 0 atom stereocenters. The van der Waals surface area contributed by atoms with Crippen LogP contribution in [-0.2, 0) is 11.0 Å². The SMILES string of the molecule is O=C(O)C(F)(F)C(F)(F)Oc1cccc(C(F)(F)F)c1. The highest BCUT2D eigenvalue weighted by Gasteiger charge is 2.65. The van der Waals surface area contributed by atoms with E-state index in [9.17, 15) is 35.5 Å². The summed E-state index contributed by atoms with van der Waals surface area (Å²) in [6, 6.07) is 1.75. The average molecular weight is 306 g/mol. The Morgan fingerprint density at radius 1 is 1.05 bits per heavy atom. The number of aliphatic carboxylic acids is 1. The Morgan fingerprint density at radius 3 is 2.05 bits per heavy atom. The van der Waals surface area contributed by atoms with Crippen molar-refractivity contribution in [2.45, 2.75) is 18.2 Å². The molecule has 1 aromatic carbocycles. The van der Waals surface area contributed by atoms with Gasteiger partial charge in [-0.25, -0.2) is 4.79 Å². The molecule has 0 bridgehead atoms. The maximum absolute atomic E-state index is 12.9. The first-order chi connectivity index (χ1) is 8.88. The van der Waals surface area contributed by atoms with Gasteiger partial charge in [-0.15, -0.1) is 0 Å². The summed E-state index contributed by atoms with van der Waals surface area (Å²) in [6.45, 7) is 0. The molecule has 0 aliphatic rings. The minimum atomic E-state index is -5.60. The normalized spacial score (nSPS) is 13.2. The van der Waals surface area contributed by atoms with Crippen LogP contribution in [0.15, 0.2) is 24.3 Å². The van der Waals surface area contributed by atoms with Crippen LogP contribution < -0.4 is 4.74 Å². The molecule has 0 radical (unpaired) electrons. The van der Waals surface area contributed by atoms with Crippen molar-refractivity contribution in [3.63, 3.8) is 0 Å². The van der Waals surface area contributed by atoms with E-state index < -0.39 is 35.5 Å². The van der Waals surface area contributed by atoms with Gasteiger partial charge in [0.05, 0.1) is 5.56 Å². The van der Waals surface area contributed by atoms with E-state index in [1.165, 1.54) is 0 Å². The molecule has 20 heavy (non-hydrogen) atoms. The zero-order valence-electron chi connectivity index (χ0n) is 9.22. The van der Waals surface area contributed by atoms with Crippen molar-refractivity contribution in [3.8, 4) is 5.75 Å². The Morgan fingerprint density at radius 2 is 1.60 bits per heavy atom. The molecular weight excluding hydrogens is 301 g/mol. The molecule has 0 saturated carbocycles. The summed E-state index contributed by atoms with van der Waals surface area (Å²) in [7, 11) is 0. The lowest BCUT2D eigenvalue weighted by atomic mass is 10.2. The van der Waals surface area contributed by atoms with Gasteiger partial charge in [-0.3, -0.25) is 0 Å². The number of carboxylic acid groups (broad SMARTS) is 1. The quantitative estimate of drug-likeness (QED) is 0.867. The van der Waals surface area contributed by atoms with Crippen LogP contribution in [0.2, 0.25) is 0 Å². The van der Waals surface area contributed by atoms with Crippen LogP contribution in [0.4, 0.5) is 30.7 Å². The van der Waals surface area contributed by atoms with E-state index >= 15 is 0 Å². The number of halogens is 7. The molecule has 0 fully saturated rings. The van der Waals surface area contributed by atoms with E-state index in [0.29, 0.717) is 18.2 Å². The molecule has 0 saturated heterocycles. The molecule has 0 aromatic heterocycles. The van der Waals surface area contributed by atoms with E-state index in [2.05, 4.69) is 4.74 Å². The number of ether oxygens (including phenoxy) is 1. The smallest absolute Gasteiger partial charge is 0.476 e. The molecule has 1 N–H and O–H groups in total. The molecule has 1 rings (SSSR count). The molecule has 1 aromatic rings. The van der Waals surface area contributed by atoms with E-state index in [0.717, 1.165) is 0 Å². The number of carbonyl (C=O) groups is 1. The minimum Gasteiger partial charge on any atom is -0.477 e. The maximum Gasteiger partial charge on any atom is 0.476 e. The van der Waals surface area contributed by atoms with Crippen molar-refractivity contribution in [1.29, 1.82) is 0 Å². The van der Waals surface area contributed by atoms with Crippen molar-refractivity contribution in [2.24, 2.45) is 0 Å². The highest BCUT2D eigenvalue weighted by atomic mass is 19.4. The molecule has 112 valence electrons. The Bertz CT molecular complexity index is 510. The van der Waals surface area contributed by atoms with Gasteiger partial charge >= 0.3 is 24.2 Å². The largest absolute Gasteiger partial charge is 0.477 e. The van der Waals surface area contributed by atoms with Crippen molar-refractivity contribution < 1.29 is 45.4 Å². The first-order valence-electron chi connectivity index (χ1n) is 4.73. The van der Waals surface area contributed by atoms with Crippen LogP contribution in [0.5, 0.6) is 5.75 Å². The number of rotatable bonds is 4. The van der Waals surface area contributed by atoms with Crippen LogP contribution in [0, 0.1) is 0 Å². The first kappa shape index (κ1) is 16.1. The lowest BCUT2D eigenvalue weighted by Crippen LogP contribution is -2.50. The summed E-state index contributed by atoms with van der Waals surface area (Å²) in [5.74, 6) is -10.0. The third kappa shape index (κ3) is 3.11. The van der Waals surface area contributed by atoms with Crippen LogP contribution in [0.3, 0.4) is 0 Å². The second-order valence-electron chi connectivity index (χ2n) is 3.52. The summed E-state index contributed by atoms with van der Waals surface area (Å²) in [6.07, 6.45) is -10.4. The van der Waals surface area contributed by atoms with E-state index in [1.807, 2.05) is 0 Å². The van der Waals surface area contributed by atoms with Crippen molar-refractivity contribution in [3.05, 3.63) is 29.8 Å². The predicted octanol–water partition coefficient (Wildman–Crippen LogP) is 3.40. The topological polar surface area (TPSA) is 46.5 Å². The lowest BCUT2D eigenvalue weighted by Gasteiger charge is -2.23. The standard InChI is InChI=1S/C10H5F7O3/c11-8(12,7(18)19)10(16,17)20-6-3-1-2-5(4-6)9(13,14)15/h1-4H,(H,18,19). The van der Waals surface area contributed by atoms with Gasteiger partial charge in [-0.05, 0) is 18.2 Å². The molecule has 3 nitrogen and oxygen atoms in total. The zero-order valence-corrected chi connectivity index (χ0v) is 9.22. The number of benzene rings is 1. The molecule has 0 heterocycles. The van der Waals surface area contributed by atoms with E-state index in [-0.39, 0.29) is 6.07 Å². The molecule has 0 aliphatic carbocycles. The summed E-state index contributed by atoms with van der Waals surface area (Å²) < 4.78 is 91.4. The molecule has 10 heteroatoms. The highest BCUT2D eigenvalue weighted by Crippen LogP contribution is 2.38. The van der Waals surface area contributed by atoms with E-state index in [4.69, 9.17) is 5.11 Å². The fraction of sp³-hybridized carbons (Fsp3) is 0.300. The van der Waals surface area contributed by atoms with Gasteiger partial charge < -0.3 is 9.84 Å². The summed E-state index contributed by atoms with van der Waals surface area (Å²) in [5.41, 5.74) is -1.41. The molecule has 0 unspecified atom stereocenters. The van der Waals surface area contributed by atoms with Crippen molar-refractivity contribution in [1.82, 2.24) is 0 Å². The Hall–Kier alpha value is -2.00. The van der Waals surface area contributed by atoms with Gasteiger partial charge in [0.2, 0.25) is 0 Å². The third-order valence-electron chi connectivity index (χ3n) is 2.04. The Labute approximate surface area is 106 Å². The van der Waals surface area contributed by atoms with Gasteiger partial charge in [0.15, 0.2) is 0 Å². The predicted molar refractivity (Wildman–Crippen MR) is 49.6 cm³/mol. The number of alkyl halides is 7. The highest BCUT2D eigenvalue weighted by molar-refractivity contribution is 5.76. The molecule has 0 aliphatic heterocycles. The fourth-order valence-electron chi connectivity index (χ4n) is 1.07. The first-order valence-corrected chi connectivity index (χ1v) is 4.73. The molecule has 0 amide bonds. The number of carboxylic acids is 1. The average Bonchev–Trinajstić information content (AvgIpc) is 2.27. The maximum atomic E-state index is 12.9. The van der Waals surface area contributed by atoms with Gasteiger partial charge in [0.25, 0.3) is 0 Å². The second-order valence-corrected chi connectivity index (χ2v) is 3.52. The summed E-state index contributed by atoms with van der Waals surface area (Å²) >= 11 is 0. The molecule has 0 spiro atoms. The fourth-order valence-corrected chi connectivity index (χ4v) is 1.07. The van der Waals surface area contributed by atoms with Crippen LogP contribution >= 0.6 is 0 Å². The van der Waals surface area contributed by atoms with Crippen molar-refractivity contribution >= 4 is 5.97 Å². The van der Waals surface area contributed by atoms with Gasteiger partial charge in [-0.1, -0.05) is 6.07 Å². The monoisotopic (exact) mass is 306 g/mol. The second kappa shape index (κ2) is 4.84. The van der Waals surface area contributed by atoms with E-state index in [1.54, 1.807) is 0 Å². The third-order valence-corrected chi connectivity index (χ3v) is 2.04. The van der Waals surface area contributed by atoms with Crippen LogP contribution in [-0.4, -0.2) is 23.1 Å². The minimum absolute atomic E-state index is 0.0475. The van der Waals surface area contributed by atoms with Gasteiger partial charge in [0.1, 0.15) is 5.75 Å². The van der Waals surface area contributed by atoms with Gasteiger partial charge in [-0.2, -0.15) is 30.7 Å². The number of hydrogen-bond donors (Lipinski definition) is 1. The Kier molecular flexibility index (Phi) is 3.88. The van der Waals surface area contributed by atoms with Gasteiger partial charge in [0, 0.05) is 0 Å². The Balaban J connectivity index is 3.08. The van der Waals surface area contributed by atoms with Crippen LogP contribution in [0.25, 0.3) is 0 Å². The van der Waals surface area contributed by atoms with Crippen molar-refractivity contribution in [2.75, 3.05) is 0 Å².